The van der Waals surface area contributed by atoms with Crippen LogP contribution < -0.4 is 5.32 Å². The minimum Gasteiger partial charge on any atom is -0.337 e. The minimum atomic E-state index is -0.598. The van der Waals surface area contributed by atoms with Crippen molar-refractivity contribution in [3.8, 4) is 0 Å². The molecule has 1 N–H and O–H groups in total. The van der Waals surface area contributed by atoms with E-state index in [-0.39, 0.29) is 40.9 Å². The van der Waals surface area contributed by atoms with E-state index in [4.69, 9.17) is 11.6 Å². The molecular weight excluding hydrogens is 564 g/mol. The Morgan fingerprint density at radius 3 is 2.47 bits per heavy atom. The van der Waals surface area contributed by atoms with Gasteiger partial charge < -0.3 is 9.80 Å². The Bertz CT molecular complexity index is 1570. The van der Waals surface area contributed by atoms with E-state index in [9.17, 15) is 19.2 Å². The van der Waals surface area contributed by atoms with Gasteiger partial charge in [0.2, 0.25) is 17.7 Å². The van der Waals surface area contributed by atoms with Crippen molar-refractivity contribution in [1.82, 2.24) is 20.0 Å². The number of imide groups is 1. The number of rotatable bonds is 5. The highest BCUT2D eigenvalue weighted by molar-refractivity contribution is 6.30. The van der Waals surface area contributed by atoms with Gasteiger partial charge in [0.05, 0.1) is 0 Å². The van der Waals surface area contributed by atoms with Crippen molar-refractivity contribution >= 4 is 40.8 Å². The Morgan fingerprint density at radius 2 is 1.74 bits per heavy atom. The van der Waals surface area contributed by atoms with E-state index < -0.39 is 6.04 Å². The van der Waals surface area contributed by atoms with E-state index in [2.05, 4.69) is 30.1 Å². The lowest BCUT2D eigenvalue weighted by molar-refractivity contribution is -0.156. The first kappa shape index (κ1) is 28.3. The molecule has 7 rings (SSSR count). The first-order valence-electron chi connectivity index (χ1n) is 15.3. The van der Waals surface area contributed by atoms with E-state index in [1.54, 1.807) is 4.90 Å². The number of nitrogens with zero attached hydrogens (tertiary/aromatic N) is 3. The van der Waals surface area contributed by atoms with E-state index in [0.717, 1.165) is 74.2 Å². The molecule has 0 aromatic heterocycles. The van der Waals surface area contributed by atoms with Gasteiger partial charge in [0.15, 0.2) is 0 Å². The molecule has 4 heterocycles. The summed E-state index contributed by atoms with van der Waals surface area (Å²) in [5, 5.41) is 3.06. The topological polar surface area (TPSA) is 90.0 Å². The minimum absolute atomic E-state index is 0.144. The summed E-state index contributed by atoms with van der Waals surface area (Å²) in [5.41, 5.74) is 6.27. The van der Waals surface area contributed by atoms with Gasteiger partial charge in [-0.05, 0) is 71.6 Å². The third-order valence-corrected chi connectivity index (χ3v) is 10.2. The maximum absolute atomic E-state index is 13.7. The van der Waals surface area contributed by atoms with Crippen molar-refractivity contribution in [1.29, 1.82) is 0 Å². The number of allylic oxidation sites excluding steroid dienone is 1. The van der Waals surface area contributed by atoms with Crippen LogP contribution in [0.1, 0.15) is 73.0 Å². The van der Waals surface area contributed by atoms with E-state index in [1.807, 2.05) is 41.3 Å². The fraction of sp³-hybridized carbons (Fsp3) is 0.471. The first-order valence-corrected chi connectivity index (χ1v) is 15.6. The second-order valence-corrected chi connectivity index (χ2v) is 14.4. The van der Waals surface area contributed by atoms with Gasteiger partial charge in [0.1, 0.15) is 6.04 Å². The third kappa shape index (κ3) is 5.18. The van der Waals surface area contributed by atoms with Gasteiger partial charge in [-0.2, -0.15) is 0 Å². The Labute approximate surface area is 257 Å². The summed E-state index contributed by atoms with van der Waals surface area (Å²) in [6, 6.07) is 13.2. The van der Waals surface area contributed by atoms with Crippen LogP contribution in [-0.2, 0) is 27.5 Å². The number of fused-ring (bicyclic) bond motifs is 1. The second-order valence-electron chi connectivity index (χ2n) is 14.0. The number of nitrogens with one attached hydrogen (secondary N) is 1. The van der Waals surface area contributed by atoms with Gasteiger partial charge in [-0.25, -0.2) is 0 Å². The highest BCUT2D eigenvalue weighted by atomic mass is 35.5. The number of carbonyl (C=O) groups excluding carboxylic acids is 4. The Balaban J connectivity index is 0.963. The Kier molecular flexibility index (Phi) is 6.78. The summed E-state index contributed by atoms with van der Waals surface area (Å²) in [6.07, 6.45) is 3.32. The second kappa shape index (κ2) is 10.3. The van der Waals surface area contributed by atoms with Crippen LogP contribution in [-0.4, -0.2) is 70.5 Å². The normalized spacial score (nSPS) is 24.5. The molecule has 4 aliphatic heterocycles. The fourth-order valence-electron chi connectivity index (χ4n) is 7.75. The number of amides is 4. The van der Waals surface area contributed by atoms with E-state index >= 15 is 0 Å². The summed E-state index contributed by atoms with van der Waals surface area (Å²) in [7, 11) is 0. The molecule has 3 saturated heterocycles. The number of hydrogen-bond donors (Lipinski definition) is 1. The lowest BCUT2D eigenvalue weighted by Crippen LogP contribution is -2.72. The molecule has 224 valence electrons. The molecule has 1 atom stereocenters. The molecule has 2 aromatic rings. The highest BCUT2D eigenvalue weighted by Gasteiger charge is 2.53. The summed E-state index contributed by atoms with van der Waals surface area (Å²) in [4.78, 5) is 56.6. The molecule has 1 spiro atoms. The van der Waals surface area contributed by atoms with Crippen molar-refractivity contribution in [3.63, 3.8) is 0 Å². The number of carbonyl (C=O) groups is 4. The van der Waals surface area contributed by atoms with E-state index in [0.29, 0.717) is 23.6 Å². The first-order chi connectivity index (χ1) is 20.5. The van der Waals surface area contributed by atoms with Crippen LogP contribution in [0.25, 0.3) is 5.57 Å². The van der Waals surface area contributed by atoms with Crippen LogP contribution >= 0.6 is 11.6 Å². The monoisotopic (exact) mass is 600 g/mol. The van der Waals surface area contributed by atoms with Crippen LogP contribution in [0.15, 0.2) is 48.0 Å². The maximum atomic E-state index is 13.7. The van der Waals surface area contributed by atoms with Crippen molar-refractivity contribution < 1.29 is 19.2 Å². The smallest absolute Gasteiger partial charge is 0.255 e. The number of likely N-dealkylation sites (tertiary alicyclic amines) is 2. The zero-order valence-corrected chi connectivity index (χ0v) is 25.5. The van der Waals surface area contributed by atoms with Gasteiger partial charge >= 0.3 is 0 Å². The Morgan fingerprint density at radius 1 is 1.00 bits per heavy atom. The molecule has 1 unspecified atom stereocenters. The highest BCUT2D eigenvalue weighted by Crippen LogP contribution is 2.46. The van der Waals surface area contributed by atoms with Crippen molar-refractivity contribution in [2.45, 2.75) is 65.1 Å². The van der Waals surface area contributed by atoms with Gasteiger partial charge in [0, 0.05) is 67.3 Å². The molecule has 1 aliphatic carbocycles. The summed E-state index contributed by atoms with van der Waals surface area (Å²) in [6.45, 7) is 9.22. The number of hydrogen-bond acceptors (Lipinski definition) is 5. The maximum Gasteiger partial charge on any atom is 0.255 e. The van der Waals surface area contributed by atoms with Crippen LogP contribution in [0.5, 0.6) is 0 Å². The molecular formula is C34H37ClN4O4. The molecule has 0 saturated carbocycles. The molecule has 5 aliphatic rings. The lowest BCUT2D eigenvalue weighted by atomic mass is 9.70. The number of benzene rings is 2. The van der Waals surface area contributed by atoms with Gasteiger partial charge in [-0.15, -0.1) is 0 Å². The summed E-state index contributed by atoms with van der Waals surface area (Å²) in [5.74, 6) is -0.624. The molecule has 3 fully saturated rings. The fourth-order valence-corrected chi connectivity index (χ4v) is 7.87. The van der Waals surface area contributed by atoms with Crippen molar-refractivity contribution in [2.24, 2.45) is 10.8 Å². The largest absolute Gasteiger partial charge is 0.337 e. The number of halogens is 1. The van der Waals surface area contributed by atoms with Crippen LogP contribution in [0.4, 0.5) is 0 Å². The molecule has 4 amide bonds. The molecule has 0 bridgehead atoms. The van der Waals surface area contributed by atoms with Gasteiger partial charge in [-0.3, -0.25) is 29.4 Å². The Hall–Kier alpha value is -3.49. The zero-order chi connectivity index (χ0) is 30.1. The quantitative estimate of drug-likeness (QED) is 0.514. The zero-order valence-electron chi connectivity index (χ0n) is 24.7. The molecule has 9 heteroatoms. The number of piperidine rings is 1. The standard InChI is InChI=1S/C34H37ClN4O4/c1-33(2)12-11-26(27(14-33)22-4-6-24(35)7-5-22)31(42)38-19-34(20-38)17-37(18-34)15-21-3-8-25-23(13-21)16-39(32(25)43)28-9-10-29(40)36-30(28)41/h3-8,13,28H,9-12,14-20H2,1-2H3,(H,36,40,41). The average Bonchev–Trinajstić information content (AvgIpc) is 3.24. The molecule has 0 radical (unpaired) electrons. The molecule has 8 nitrogen and oxygen atoms in total. The van der Waals surface area contributed by atoms with Crippen molar-refractivity contribution in [2.75, 3.05) is 26.2 Å². The predicted molar refractivity (Wildman–Crippen MR) is 163 cm³/mol. The average molecular weight is 601 g/mol. The van der Waals surface area contributed by atoms with E-state index in [1.165, 1.54) is 5.57 Å². The third-order valence-electron chi connectivity index (χ3n) is 9.97. The molecule has 43 heavy (non-hydrogen) atoms. The predicted octanol–water partition coefficient (Wildman–Crippen LogP) is 4.41. The lowest BCUT2D eigenvalue weighted by Gasteiger charge is -2.60. The summed E-state index contributed by atoms with van der Waals surface area (Å²) < 4.78 is 0. The SMILES string of the molecule is CC1(C)CCC(C(=O)N2CC3(CN(Cc4ccc5c(c4)CN(C4CCC(=O)NC4=O)C5=O)C3)C2)=C(c2ccc(Cl)cc2)C1. The van der Waals surface area contributed by atoms with Crippen molar-refractivity contribution in [3.05, 3.63) is 75.3 Å². The van der Waals surface area contributed by atoms with Crippen LogP contribution in [0.3, 0.4) is 0 Å². The van der Waals surface area contributed by atoms with Gasteiger partial charge in [0.25, 0.3) is 5.91 Å². The van der Waals surface area contributed by atoms with Crippen LogP contribution in [0, 0.1) is 10.8 Å². The van der Waals surface area contributed by atoms with Crippen LogP contribution in [0.2, 0.25) is 5.02 Å². The molecule has 2 aromatic carbocycles. The van der Waals surface area contributed by atoms with Gasteiger partial charge in [-0.1, -0.05) is 49.7 Å². The summed E-state index contributed by atoms with van der Waals surface area (Å²) >= 11 is 6.15.